The molecule has 0 unspecified atom stereocenters. The lowest BCUT2D eigenvalue weighted by molar-refractivity contribution is -0.145. The standard InChI is InChI=1S/C20H18N2O6S/c23-19(17-15-10-11-16(28-15)18(17)20(24)25)21-12-6-8-14(9-7-12)29(26,27)22-13-4-2-1-3-5-13/h1-11,15-18,22H,(H,21,23)(H,24,25)/t15-,16-,17+,18+/m1/s1. The Balaban J connectivity index is 1.46. The molecule has 1 amide bonds. The summed E-state index contributed by atoms with van der Waals surface area (Å²) in [6.07, 6.45) is 2.17. The molecule has 3 N–H and O–H groups in total. The molecular formula is C20H18N2O6S. The molecule has 9 heteroatoms. The van der Waals surface area contributed by atoms with E-state index in [9.17, 15) is 23.1 Å². The summed E-state index contributed by atoms with van der Waals surface area (Å²) in [5, 5.41) is 12.1. The number of carboxylic acids is 1. The summed E-state index contributed by atoms with van der Waals surface area (Å²) in [4.78, 5) is 24.2. The van der Waals surface area contributed by atoms with Gasteiger partial charge in [0.05, 0.1) is 23.0 Å². The molecule has 1 saturated heterocycles. The van der Waals surface area contributed by atoms with Gasteiger partial charge in [0.1, 0.15) is 5.92 Å². The number of amides is 1. The molecule has 2 heterocycles. The van der Waals surface area contributed by atoms with Crippen LogP contribution in [0.1, 0.15) is 0 Å². The molecule has 0 aromatic heterocycles. The predicted octanol–water partition coefficient (Wildman–Crippen LogP) is 2.08. The molecule has 4 atom stereocenters. The van der Waals surface area contributed by atoms with E-state index in [1.807, 2.05) is 0 Å². The summed E-state index contributed by atoms with van der Waals surface area (Å²) in [7, 11) is -3.77. The second-order valence-electron chi connectivity index (χ2n) is 6.83. The summed E-state index contributed by atoms with van der Waals surface area (Å²) in [6, 6.07) is 14.1. The molecule has 1 fully saturated rings. The highest BCUT2D eigenvalue weighted by atomic mass is 32.2. The molecule has 2 aromatic carbocycles. The minimum Gasteiger partial charge on any atom is -0.481 e. The Morgan fingerprint density at radius 2 is 1.48 bits per heavy atom. The predicted molar refractivity (Wildman–Crippen MR) is 105 cm³/mol. The molecule has 29 heavy (non-hydrogen) atoms. The lowest BCUT2D eigenvalue weighted by atomic mass is 9.82. The van der Waals surface area contributed by atoms with Crippen LogP contribution in [0.5, 0.6) is 0 Å². The number of ether oxygens (including phenoxy) is 1. The fourth-order valence-corrected chi connectivity index (χ4v) is 4.64. The number of para-hydroxylation sites is 1. The molecule has 8 nitrogen and oxygen atoms in total. The van der Waals surface area contributed by atoms with Gasteiger partial charge in [0.2, 0.25) is 5.91 Å². The Labute approximate surface area is 167 Å². The van der Waals surface area contributed by atoms with Crippen LogP contribution in [0.25, 0.3) is 0 Å². The van der Waals surface area contributed by atoms with E-state index in [0.717, 1.165) is 0 Å². The van der Waals surface area contributed by atoms with Gasteiger partial charge in [-0.2, -0.15) is 0 Å². The number of carbonyl (C=O) groups is 2. The number of hydrogen-bond acceptors (Lipinski definition) is 5. The Bertz CT molecular complexity index is 1070. The lowest BCUT2D eigenvalue weighted by Crippen LogP contribution is -2.39. The zero-order chi connectivity index (χ0) is 20.6. The van der Waals surface area contributed by atoms with Gasteiger partial charge in [-0.05, 0) is 36.4 Å². The third-order valence-corrected chi connectivity index (χ3v) is 6.34. The van der Waals surface area contributed by atoms with Gasteiger partial charge in [0.25, 0.3) is 10.0 Å². The van der Waals surface area contributed by atoms with Crippen molar-refractivity contribution in [1.29, 1.82) is 0 Å². The number of fused-ring (bicyclic) bond motifs is 2. The summed E-state index contributed by atoms with van der Waals surface area (Å²) in [6.45, 7) is 0. The zero-order valence-corrected chi connectivity index (χ0v) is 15.9. The molecule has 2 bridgehead atoms. The van der Waals surface area contributed by atoms with Crippen molar-refractivity contribution < 1.29 is 27.9 Å². The van der Waals surface area contributed by atoms with Crippen LogP contribution in [0.2, 0.25) is 0 Å². The number of carbonyl (C=O) groups excluding carboxylic acids is 1. The topological polar surface area (TPSA) is 122 Å². The van der Waals surface area contributed by atoms with Gasteiger partial charge in [0.15, 0.2) is 0 Å². The van der Waals surface area contributed by atoms with Crippen LogP contribution >= 0.6 is 0 Å². The van der Waals surface area contributed by atoms with E-state index in [-0.39, 0.29) is 4.90 Å². The quantitative estimate of drug-likeness (QED) is 0.622. The van der Waals surface area contributed by atoms with Crippen LogP contribution in [0.4, 0.5) is 11.4 Å². The van der Waals surface area contributed by atoms with Gasteiger partial charge < -0.3 is 15.2 Å². The maximum atomic E-state index is 12.6. The normalized spacial score (nSPS) is 25.0. The smallest absolute Gasteiger partial charge is 0.310 e. The van der Waals surface area contributed by atoms with E-state index < -0.39 is 45.9 Å². The molecule has 4 rings (SSSR count). The van der Waals surface area contributed by atoms with Crippen molar-refractivity contribution in [3.63, 3.8) is 0 Å². The van der Waals surface area contributed by atoms with Crippen LogP contribution in [0, 0.1) is 11.8 Å². The molecule has 0 spiro atoms. The molecule has 0 saturated carbocycles. The van der Waals surface area contributed by atoms with E-state index >= 15 is 0 Å². The van der Waals surface area contributed by atoms with Crippen molar-refractivity contribution in [2.24, 2.45) is 11.8 Å². The van der Waals surface area contributed by atoms with Crippen LogP contribution in [-0.4, -0.2) is 37.6 Å². The Morgan fingerprint density at radius 1 is 0.862 bits per heavy atom. The van der Waals surface area contributed by atoms with E-state index in [1.165, 1.54) is 24.3 Å². The highest BCUT2D eigenvalue weighted by molar-refractivity contribution is 7.92. The van der Waals surface area contributed by atoms with E-state index in [1.54, 1.807) is 42.5 Å². The van der Waals surface area contributed by atoms with E-state index in [4.69, 9.17) is 4.74 Å². The van der Waals surface area contributed by atoms with Crippen molar-refractivity contribution in [2.45, 2.75) is 17.1 Å². The largest absolute Gasteiger partial charge is 0.481 e. The van der Waals surface area contributed by atoms with Crippen LogP contribution in [0.3, 0.4) is 0 Å². The third-order valence-electron chi connectivity index (χ3n) is 4.95. The van der Waals surface area contributed by atoms with Crippen molar-refractivity contribution in [1.82, 2.24) is 0 Å². The van der Waals surface area contributed by atoms with Crippen LogP contribution in [0.15, 0.2) is 71.6 Å². The van der Waals surface area contributed by atoms with Crippen molar-refractivity contribution in [3.8, 4) is 0 Å². The fourth-order valence-electron chi connectivity index (χ4n) is 3.58. The monoisotopic (exact) mass is 414 g/mol. The lowest BCUT2D eigenvalue weighted by Gasteiger charge is -2.21. The number of hydrogen-bond donors (Lipinski definition) is 3. The number of anilines is 2. The zero-order valence-electron chi connectivity index (χ0n) is 15.1. The summed E-state index contributed by atoms with van der Waals surface area (Å²) in [5.41, 5.74) is 0.804. The first-order valence-electron chi connectivity index (χ1n) is 8.90. The fraction of sp³-hybridized carbons (Fsp3) is 0.200. The van der Waals surface area contributed by atoms with Gasteiger partial charge in [0, 0.05) is 11.4 Å². The van der Waals surface area contributed by atoms with Crippen LogP contribution < -0.4 is 10.0 Å². The summed E-state index contributed by atoms with van der Waals surface area (Å²) >= 11 is 0. The minimum atomic E-state index is -3.77. The second kappa shape index (κ2) is 7.34. The third kappa shape index (κ3) is 3.74. The van der Waals surface area contributed by atoms with Crippen molar-refractivity contribution in [3.05, 3.63) is 66.7 Å². The first kappa shape index (κ1) is 19.2. The molecule has 2 aliphatic heterocycles. The maximum absolute atomic E-state index is 12.6. The second-order valence-corrected chi connectivity index (χ2v) is 8.51. The molecule has 150 valence electrons. The first-order valence-corrected chi connectivity index (χ1v) is 10.4. The average Bonchev–Trinajstić information content (AvgIpc) is 3.30. The number of aliphatic carboxylic acids is 1. The summed E-state index contributed by atoms with van der Waals surface area (Å²) < 4.78 is 32.9. The SMILES string of the molecule is O=C(O)[C@@H]1[C@@H](C(=O)Nc2ccc(S(=O)(=O)Nc3ccccc3)cc2)[C@H]2C=C[C@H]1O2. The van der Waals surface area contributed by atoms with Crippen LogP contribution in [-0.2, 0) is 24.3 Å². The summed E-state index contributed by atoms with van der Waals surface area (Å²) in [5.74, 6) is -3.35. The highest BCUT2D eigenvalue weighted by Gasteiger charge is 2.53. The van der Waals surface area contributed by atoms with Crippen molar-refractivity contribution in [2.75, 3.05) is 10.0 Å². The number of carboxylic acid groups (broad SMARTS) is 1. The molecule has 2 aromatic rings. The van der Waals surface area contributed by atoms with Gasteiger partial charge in [-0.3, -0.25) is 14.3 Å². The highest BCUT2D eigenvalue weighted by Crippen LogP contribution is 2.39. The Kier molecular flexibility index (Phi) is 4.85. The Morgan fingerprint density at radius 3 is 2.10 bits per heavy atom. The van der Waals surface area contributed by atoms with Crippen molar-refractivity contribution >= 4 is 33.3 Å². The molecule has 0 aliphatic carbocycles. The maximum Gasteiger partial charge on any atom is 0.310 e. The van der Waals surface area contributed by atoms with Gasteiger partial charge in [-0.25, -0.2) is 8.42 Å². The number of nitrogens with one attached hydrogen (secondary N) is 2. The van der Waals surface area contributed by atoms with Gasteiger partial charge >= 0.3 is 5.97 Å². The molecule has 2 aliphatic rings. The minimum absolute atomic E-state index is 0.0361. The number of rotatable bonds is 6. The number of benzene rings is 2. The van der Waals surface area contributed by atoms with E-state index in [2.05, 4.69) is 10.0 Å². The Hall–Kier alpha value is -3.17. The molecular weight excluding hydrogens is 396 g/mol. The van der Waals surface area contributed by atoms with E-state index in [0.29, 0.717) is 11.4 Å². The van der Waals surface area contributed by atoms with Gasteiger partial charge in [-0.15, -0.1) is 0 Å². The molecule has 0 radical (unpaired) electrons. The first-order chi connectivity index (χ1) is 13.8. The number of sulfonamides is 1. The average molecular weight is 414 g/mol. The van der Waals surface area contributed by atoms with Gasteiger partial charge in [-0.1, -0.05) is 30.4 Å².